The van der Waals surface area contributed by atoms with Crippen LogP contribution in [0.25, 0.3) is 16.4 Å². The van der Waals surface area contributed by atoms with E-state index in [0.717, 1.165) is 40.1 Å². The minimum atomic E-state index is -4.21. The molecule has 0 unspecified atom stereocenters. The number of aryl methyl sites for hydroxylation is 1. The second-order valence-corrected chi connectivity index (χ2v) is 14.0. The number of halogens is 1. The van der Waals surface area contributed by atoms with Gasteiger partial charge in [-0.25, -0.2) is 32.4 Å². The van der Waals surface area contributed by atoms with Crippen LogP contribution in [0.15, 0.2) is 64.9 Å². The summed E-state index contributed by atoms with van der Waals surface area (Å²) in [6.07, 6.45) is 3.05. The van der Waals surface area contributed by atoms with Crippen molar-refractivity contribution in [1.82, 2.24) is 14.8 Å². The second-order valence-electron chi connectivity index (χ2n) is 10.4. The first kappa shape index (κ1) is 28.9. The second kappa shape index (κ2) is 11.5. The molecule has 6 rings (SSSR count). The van der Waals surface area contributed by atoms with Crippen LogP contribution in [-0.2, 0) is 22.9 Å². The van der Waals surface area contributed by atoms with Crippen molar-refractivity contribution in [3.8, 4) is 28.2 Å². The fourth-order valence-corrected chi connectivity index (χ4v) is 6.88. The molecular formula is C31H25FN4O4S3. The maximum atomic E-state index is 14.9. The van der Waals surface area contributed by atoms with E-state index in [-0.39, 0.29) is 12.1 Å². The number of thiazole rings is 1. The van der Waals surface area contributed by atoms with Gasteiger partial charge in [-0.15, -0.1) is 22.7 Å². The van der Waals surface area contributed by atoms with Gasteiger partial charge in [0.1, 0.15) is 10.7 Å². The molecule has 12 heteroatoms. The molecule has 2 aromatic carbocycles. The van der Waals surface area contributed by atoms with E-state index in [1.54, 1.807) is 22.1 Å². The normalized spacial score (nSPS) is 13.1. The van der Waals surface area contributed by atoms with Crippen LogP contribution < -0.4 is 5.14 Å². The van der Waals surface area contributed by atoms with Crippen molar-refractivity contribution in [1.29, 1.82) is 0 Å². The molecule has 43 heavy (non-hydrogen) atoms. The predicted octanol–water partition coefficient (Wildman–Crippen LogP) is 5.79. The Hall–Kier alpha value is -4.15. The van der Waals surface area contributed by atoms with Gasteiger partial charge >= 0.3 is 5.97 Å². The van der Waals surface area contributed by atoms with Crippen LogP contribution in [0.3, 0.4) is 0 Å². The Balaban J connectivity index is 1.49. The zero-order chi connectivity index (χ0) is 30.3. The Morgan fingerprint density at radius 3 is 2.63 bits per heavy atom. The zero-order valence-electron chi connectivity index (χ0n) is 22.9. The quantitative estimate of drug-likeness (QED) is 0.208. The van der Waals surface area contributed by atoms with Crippen molar-refractivity contribution in [3.05, 3.63) is 104 Å². The first-order valence-electron chi connectivity index (χ1n) is 13.4. The first-order chi connectivity index (χ1) is 20.5. The average Bonchev–Trinajstić information content (AvgIpc) is 3.30. The van der Waals surface area contributed by atoms with Gasteiger partial charge in [-0.2, -0.15) is 5.10 Å². The van der Waals surface area contributed by atoms with Crippen molar-refractivity contribution in [2.45, 2.75) is 37.5 Å². The Morgan fingerprint density at radius 2 is 1.98 bits per heavy atom. The van der Waals surface area contributed by atoms with Crippen molar-refractivity contribution < 1.29 is 22.7 Å². The van der Waals surface area contributed by atoms with Crippen molar-refractivity contribution >= 4 is 38.7 Å². The summed E-state index contributed by atoms with van der Waals surface area (Å²) in [5.74, 6) is 4.82. The SMILES string of the molecule is Cc1ccc(C#Cc2cccc(-c3nn(-c4nc(C(=O)O)cs4)c(CC4CC4)c3Cc3ccc(S(N)(=O)=O)c(F)c3)c2)s1. The molecule has 218 valence electrons. The van der Waals surface area contributed by atoms with Crippen molar-refractivity contribution in [2.75, 3.05) is 0 Å². The van der Waals surface area contributed by atoms with Crippen LogP contribution in [0.4, 0.5) is 4.39 Å². The molecule has 0 aliphatic heterocycles. The summed E-state index contributed by atoms with van der Waals surface area (Å²) in [4.78, 5) is 17.5. The molecule has 1 saturated carbocycles. The Labute approximate surface area is 255 Å². The number of rotatable bonds is 8. The first-order valence-corrected chi connectivity index (χ1v) is 16.6. The van der Waals surface area contributed by atoms with Gasteiger partial charge in [0.25, 0.3) is 0 Å². The van der Waals surface area contributed by atoms with Gasteiger partial charge in [0.15, 0.2) is 5.69 Å². The van der Waals surface area contributed by atoms with E-state index >= 15 is 0 Å². The Bertz CT molecular complexity index is 2050. The minimum absolute atomic E-state index is 0.0716. The summed E-state index contributed by atoms with van der Waals surface area (Å²) >= 11 is 2.80. The molecule has 1 aliphatic carbocycles. The molecule has 0 amide bonds. The van der Waals surface area contributed by atoms with Crippen LogP contribution >= 0.6 is 22.7 Å². The predicted molar refractivity (Wildman–Crippen MR) is 164 cm³/mol. The van der Waals surface area contributed by atoms with Crippen LogP contribution in [0, 0.1) is 30.5 Å². The highest BCUT2D eigenvalue weighted by atomic mass is 32.2. The van der Waals surface area contributed by atoms with E-state index in [1.165, 1.54) is 33.7 Å². The van der Waals surface area contributed by atoms with Crippen LogP contribution in [0.5, 0.6) is 0 Å². The van der Waals surface area contributed by atoms with E-state index in [9.17, 15) is 22.7 Å². The number of carboxylic acids is 1. The third-order valence-corrected chi connectivity index (χ3v) is 9.73. The fraction of sp³-hybridized carbons (Fsp3) is 0.194. The highest BCUT2D eigenvalue weighted by molar-refractivity contribution is 7.89. The van der Waals surface area contributed by atoms with Gasteiger partial charge in [0.05, 0.1) is 16.3 Å². The summed E-state index contributed by atoms with van der Waals surface area (Å²) in [6.45, 7) is 2.03. The lowest BCUT2D eigenvalue weighted by atomic mass is 9.96. The van der Waals surface area contributed by atoms with E-state index in [0.29, 0.717) is 28.7 Å². The fourth-order valence-electron chi connectivity index (χ4n) is 4.79. The molecule has 3 aromatic heterocycles. The third-order valence-electron chi connectivity index (χ3n) is 7.05. The molecule has 0 saturated heterocycles. The van der Waals surface area contributed by atoms with E-state index < -0.39 is 26.7 Å². The number of primary sulfonamides is 1. The monoisotopic (exact) mass is 632 g/mol. The number of carboxylic acid groups (broad SMARTS) is 1. The summed E-state index contributed by atoms with van der Waals surface area (Å²) in [5.41, 5.74) is 4.35. The minimum Gasteiger partial charge on any atom is -0.476 e. The number of benzene rings is 2. The largest absolute Gasteiger partial charge is 0.476 e. The van der Waals surface area contributed by atoms with Gasteiger partial charge in [0.2, 0.25) is 15.2 Å². The lowest BCUT2D eigenvalue weighted by molar-refractivity contribution is 0.0691. The summed E-state index contributed by atoms with van der Waals surface area (Å²) in [6, 6.07) is 15.6. The maximum Gasteiger partial charge on any atom is 0.355 e. The number of hydrogen-bond acceptors (Lipinski definition) is 7. The van der Waals surface area contributed by atoms with Gasteiger partial charge in [0, 0.05) is 33.4 Å². The number of sulfonamides is 1. The standard InChI is InChI=1S/C31H25FN4O4S3/c1-18-5-10-23(42-18)11-8-19-3-2-4-22(13-19)29-24(14-21-9-12-28(25(32)15-21)43(33,39)40)27(16-20-6-7-20)36(35-29)31-34-26(17-41-31)30(37)38/h2-5,9-10,12-13,15,17,20H,6-7,14,16H2,1H3,(H,37,38)(H2,33,39,40). The number of hydrogen-bond donors (Lipinski definition) is 2. The van der Waals surface area contributed by atoms with E-state index in [4.69, 9.17) is 10.2 Å². The maximum absolute atomic E-state index is 14.9. The van der Waals surface area contributed by atoms with Crippen LogP contribution in [0.2, 0.25) is 0 Å². The van der Waals surface area contributed by atoms with Gasteiger partial charge in [-0.05, 0) is 74.1 Å². The smallest absolute Gasteiger partial charge is 0.355 e. The molecule has 0 atom stereocenters. The van der Waals surface area contributed by atoms with Crippen molar-refractivity contribution in [2.24, 2.45) is 11.1 Å². The molecule has 3 N–H and O–H groups in total. The van der Waals surface area contributed by atoms with Crippen LogP contribution in [-0.4, -0.2) is 34.3 Å². The lowest BCUT2D eigenvalue weighted by Gasteiger charge is -2.10. The topological polar surface area (TPSA) is 128 Å². The number of aromatic carboxylic acids is 1. The Morgan fingerprint density at radius 1 is 1.16 bits per heavy atom. The molecular weight excluding hydrogens is 608 g/mol. The summed E-state index contributed by atoms with van der Waals surface area (Å²) in [7, 11) is -4.21. The molecule has 1 aliphatic rings. The highest BCUT2D eigenvalue weighted by Crippen LogP contribution is 2.38. The highest BCUT2D eigenvalue weighted by Gasteiger charge is 2.29. The van der Waals surface area contributed by atoms with Gasteiger partial charge < -0.3 is 5.11 Å². The number of carbonyl (C=O) groups is 1. The molecule has 5 aromatic rings. The average molecular weight is 633 g/mol. The third kappa shape index (κ3) is 6.45. The number of thiophene rings is 1. The van der Waals surface area contributed by atoms with E-state index in [1.807, 2.05) is 43.3 Å². The molecule has 8 nitrogen and oxygen atoms in total. The van der Waals surface area contributed by atoms with Crippen molar-refractivity contribution in [3.63, 3.8) is 0 Å². The summed E-state index contributed by atoms with van der Waals surface area (Å²) < 4.78 is 40.2. The molecule has 0 spiro atoms. The van der Waals surface area contributed by atoms with Crippen LogP contribution in [0.1, 0.15) is 55.5 Å². The lowest BCUT2D eigenvalue weighted by Crippen LogP contribution is -2.14. The molecule has 3 heterocycles. The van der Waals surface area contributed by atoms with Gasteiger partial charge in [-0.1, -0.05) is 30.0 Å². The molecule has 1 fully saturated rings. The number of nitrogens with zero attached hydrogens (tertiary/aromatic N) is 3. The molecule has 0 radical (unpaired) electrons. The number of nitrogens with two attached hydrogens (primary N) is 1. The van der Waals surface area contributed by atoms with E-state index in [2.05, 4.69) is 16.8 Å². The molecule has 0 bridgehead atoms. The Kier molecular flexibility index (Phi) is 7.74. The summed E-state index contributed by atoms with van der Waals surface area (Å²) in [5, 5.41) is 21.5. The zero-order valence-corrected chi connectivity index (χ0v) is 25.3. The number of aromatic nitrogens is 3. The van der Waals surface area contributed by atoms with Gasteiger partial charge in [-0.3, -0.25) is 0 Å².